The first-order valence-corrected chi connectivity index (χ1v) is 14.2. The predicted octanol–water partition coefficient (Wildman–Crippen LogP) is 0.799. The van der Waals surface area contributed by atoms with Crippen molar-refractivity contribution in [1.82, 2.24) is 39.0 Å². The van der Waals surface area contributed by atoms with Crippen molar-refractivity contribution >= 4 is 34.0 Å². The number of nitrogens with two attached hydrogens (primary N) is 2. The quantitative estimate of drug-likeness (QED) is 0.211. The van der Waals surface area contributed by atoms with Crippen molar-refractivity contribution in [3.05, 3.63) is 48.6 Å². The summed E-state index contributed by atoms with van der Waals surface area (Å²) in [6.07, 6.45) is 9.07. The molecule has 0 amide bonds. The van der Waals surface area contributed by atoms with Gasteiger partial charge >= 0.3 is 0 Å². The van der Waals surface area contributed by atoms with Gasteiger partial charge < -0.3 is 49.8 Å². The van der Waals surface area contributed by atoms with Gasteiger partial charge in [-0.05, 0) is 38.8 Å². The second-order valence-corrected chi connectivity index (χ2v) is 12.0. The smallest absolute Gasteiger partial charge is 0.166 e. The molecule has 2 unspecified atom stereocenters. The molecule has 0 spiro atoms. The average molecular weight is 784 g/mol. The van der Waals surface area contributed by atoms with Crippen LogP contribution >= 0.6 is 0 Å². The average Bonchev–Trinajstić information content (AvgIpc) is 3.80. The van der Waals surface area contributed by atoms with Crippen LogP contribution in [0.15, 0.2) is 48.6 Å². The van der Waals surface area contributed by atoms with Gasteiger partial charge in [0, 0.05) is 65.4 Å². The minimum Gasteiger partial charge on any atom is -0.392 e. The van der Waals surface area contributed by atoms with Gasteiger partial charge in [-0.1, -0.05) is 12.2 Å². The Labute approximate surface area is 314 Å². The van der Waals surface area contributed by atoms with Crippen LogP contribution < -0.4 is 11.5 Å². The molecule has 0 bridgehead atoms. The number of fused-ring (bicyclic) bond motifs is 4. The van der Waals surface area contributed by atoms with Gasteiger partial charge in [0.2, 0.25) is 0 Å². The van der Waals surface area contributed by atoms with E-state index < -0.39 is 11.6 Å². The molecule has 2 aliphatic heterocycles. The van der Waals surface area contributed by atoms with Crippen LogP contribution in [0.4, 0.5) is 11.6 Å². The molecule has 6 heterocycles. The molecular formula is C28H34N10O6Y2. The van der Waals surface area contributed by atoms with Gasteiger partial charge in [0.05, 0.1) is 38.0 Å². The van der Waals surface area contributed by atoms with E-state index in [2.05, 4.69) is 29.9 Å². The molecule has 46 heavy (non-hydrogen) atoms. The number of imidazole rings is 2. The largest absolute Gasteiger partial charge is 0.392 e. The Morgan fingerprint density at radius 2 is 1.04 bits per heavy atom. The molecule has 6 N–H and O–H groups in total. The molecule has 0 saturated carbocycles. The molecule has 2 saturated heterocycles. The van der Waals surface area contributed by atoms with Crippen LogP contribution in [0.5, 0.6) is 0 Å². The van der Waals surface area contributed by atoms with Crippen molar-refractivity contribution in [3.63, 3.8) is 0 Å². The predicted molar refractivity (Wildman–Crippen MR) is 156 cm³/mol. The Morgan fingerprint density at radius 3 is 1.41 bits per heavy atom. The number of ether oxygens (including phenoxy) is 4. The summed E-state index contributed by atoms with van der Waals surface area (Å²) in [7, 11) is 0. The number of aliphatic hydroxyl groups excluding tert-OH is 2. The van der Waals surface area contributed by atoms with Crippen molar-refractivity contribution < 1.29 is 94.6 Å². The monoisotopic (exact) mass is 784 g/mol. The van der Waals surface area contributed by atoms with E-state index in [1.54, 1.807) is 12.7 Å². The summed E-state index contributed by atoms with van der Waals surface area (Å²) < 4.78 is 27.6. The fourth-order valence-electron chi connectivity index (χ4n) is 6.41. The first-order chi connectivity index (χ1) is 21.0. The second-order valence-electron chi connectivity index (χ2n) is 12.0. The molecule has 18 heteroatoms. The number of anilines is 2. The van der Waals surface area contributed by atoms with Crippen molar-refractivity contribution in [2.24, 2.45) is 0 Å². The third-order valence-electron chi connectivity index (χ3n) is 8.21. The van der Waals surface area contributed by atoms with E-state index in [0.29, 0.717) is 34.0 Å². The molecule has 238 valence electrons. The maximum absolute atomic E-state index is 9.58. The van der Waals surface area contributed by atoms with E-state index in [1.807, 2.05) is 49.0 Å². The summed E-state index contributed by atoms with van der Waals surface area (Å²) in [6.45, 7) is 7.32. The molecule has 2 radical (unpaired) electrons. The summed E-state index contributed by atoms with van der Waals surface area (Å²) in [6, 6.07) is -0.318. The number of nitrogen functional groups attached to an aromatic ring is 2. The normalized spacial score (nSPS) is 28.5. The number of nitrogens with zero attached hydrogens (tertiary/aromatic N) is 8. The molecule has 4 aromatic rings. The van der Waals surface area contributed by atoms with Crippen molar-refractivity contribution in [1.29, 1.82) is 0 Å². The van der Waals surface area contributed by atoms with Gasteiger partial charge in [-0.15, -0.1) is 0 Å². The van der Waals surface area contributed by atoms with Crippen LogP contribution in [0.25, 0.3) is 22.3 Å². The summed E-state index contributed by atoms with van der Waals surface area (Å²) in [5.41, 5.74) is 15.7. The topological polar surface area (TPSA) is 217 Å². The first-order valence-electron chi connectivity index (χ1n) is 14.2. The zero-order valence-electron chi connectivity index (χ0n) is 25.8. The molecule has 8 rings (SSSR count). The van der Waals surface area contributed by atoms with Gasteiger partial charge in [-0.3, -0.25) is 0 Å². The summed E-state index contributed by atoms with van der Waals surface area (Å²) in [4.78, 5) is 25.0. The summed E-state index contributed by atoms with van der Waals surface area (Å²) in [5.74, 6) is -0.693. The molecule has 6 atom stereocenters. The minimum atomic E-state index is -0.688. The Hall–Kier alpha value is -1.85. The standard InChI is InChI=1S/2C14H17N5O3.2Y/c2*1-14(2)21-10-7(4-20)3-8(11(10)22-14)19-6-18-9-12(15)16-5-17-13(9)19;;/h2*3,5-6,8,10-11,20H,4H2,1-2H3,(H2,15,16,17);;/t2*8-,10-,11?;;/m10../s1. The molecule has 0 aromatic carbocycles. The number of rotatable bonds is 4. The van der Waals surface area contributed by atoms with Gasteiger partial charge in [0.1, 0.15) is 48.1 Å². The zero-order valence-corrected chi connectivity index (χ0v) is 31.4. The fourth-order valence-corrected chi connectivity index (χ4v) is 6.41. The number of hydrogen-bond acceptors (Lipinski definition) is 14. The maximum Gasteiger partial charge on any atom is 0.166 e. The molecule has 4 aromatic heterocycles. The SMILES string of the molecule is CC1(C)OC2[C@@H](O1)C(CO)=C[C@@H]2n1cnc2c(N)ncnc21.CC1(C)OC2[C@H](O1)C(CO)=C[C@H]2n1cnc2c(N)ncnc21.[Y].[Y]. The van der Waals surface area contributed by atoms with Crippen molar-refractivity contribution in [2.75, 3.05) is 24.7 Å². The van der Waals surface area contributed by atoms with E-state index in [4.69, 9.17) is 30.4 Å². The van der Waals surface area contributed by atoms with E-state index >= 15 is 0 Å². The summed E-state index contributed by atoms with van der Waals surface area (Å²) in [5, 5.41) is 19.2. The van der Waals surface area contributed by atoms with Gasteiger partial charge in [-0.25, -0.2) is 29.9 Å². The molecule has 2 aliphatic carbocycles. The van der Waals surface area contributed by atoms with Crippen molar-refractivity contribution in [2.45, 2.75) is 75.8 Å². The molecule has 4 aliphatic rings. The number of aromatic nitrogens is 8. The van der Waals surface area contributed by atoms with E-state index in [1.165, 1.54) is 12.7 Å². The second kappa shape index (κ2) is 13.2. The molecule has 16 nitrogen and oxygen atoms in total. The summed E-state index contributed by atoms with van der Waals surface area (Å²) >= 11 is 0. The van der Waals surface area contributed by atoms with Crippen LogP contribution in [-0.2, 0) is 84.4 Å². The fraction of sp³-hybridized carbons (Fsp3) is 0.500. The van der Waals surface area contributed by atoms with Crippen LogP contribution in [-0.4, -0.2) is 98.5 Å². The zero-order chi connectivity index (χ0) is 31.0. The van der Waals surface area contributed by atoms with E-state index in [0.717, 1.165) is 11.1 Å². The van der Waals surface area contributed by atoms with Crippen molar-refractivity contribution in [3.8, 4) is 0 Å². The van der Waals surface area contributed by atoms with Gasteiger partial charge in [-0.2, -0.15) is 0 Å². The minimum absolute atomic E-state index is 0. The number of aliphatic hydroxyl groups is 2. The van der Waals surface area contributed by atoms with Gasteiger partial charge in [0.15, 0.2) is 34.5 Å². The number of hydrogen-bond donors (Lipinski definition) is 4. The Kier molecular flexibility index (Phi) is 10.2. The van der Waals surface area contributed by atoms with Crippen LogP contribution in [0, 0.1) is 0 Å². The van der Waals surface area contributed by atoms with Gasteiger partial charge in [0.25, 0.3) is 0 Å². The molecular weight excluding hydrogens is 750 g/mol. The van der Waals surface area contributed by atoms with Crippen LogP contribution in [0.3, 0.4) is 0 Å². The Morgan fingerprint density at radius 1 is 0.652 bits per heavy atom. The third kappa shape index (κ3) is 6.10. The maximum atomic E-state index is 9.58. The van der Waals surface area contributed by atoms with Crippen LogP contribution in [0.2, 0.25) is 0 Å². The third-order valence-corrected chi connectivity index (χ3v) is 8.21. The Bertz CT molecular complexity index is 1680. The molecule has 2 fully saturated rings. The van der Waals surface area contributed by atoms with E-state index in [-0.39, 0.29) is 115 Å². The van der Waals surface area contributed by atoms with Crippen LogP contribution in [0.1, 0.15) is 39.8 Å². The first kappa shape index (κ1) is 35.5. The Balaban J connectivity index is 0.000000174. The van der Waals surface area contributed by atoms with E-state index in [9.17, 15) is 10.2 Å².